The van der Waals surface area contributed by atoms with E-state index in [1.807, 2.05) is 12.1 Å². The first-order valence-corrected chi connectivity index (χ1v) is 13.1. The third-order valence-electron chi connectivity index (χ3n) is 5.58. The molecule has 0 unspecified atom stereocenters. The summed E-state index contributed by atoms with van der Waals surface area (Å²) in [7, 11) is -3.17. The monoisotopic (exact) mass is 463 g/mol. The Morgan fingerprint density at radius 3 is 2.58 bits per heavy atom. The number of rotatable bonds is 6. The van der Waals surface area contributed by atoms with E-state index in [-0.39, 0.29) is 11.7 Å². The number of benzene rings is 1. The number of aromatic nitrogens is 3. The van der Waals surface area contributed by atoms with Gasteiger partial charge in [0.05, 0.1) is 27.7 Å². The van der Waals surface area contributed by atoms with E-state index in [1.54, 1.807) is 11.3 Å². The van der Waals surface area contributed by atoms with E-state index >= 15 is 0 Å². The lowest BCUT2D eigenvalue weighted by molar-refractivity contribution is 0.331. The summed E-state index contributed by atoms with van der Waals surface area (Å²) in [6.07, 6.45) is 5.38. The largest absolute Gasteiger partial charge is 0.351 e. The van der Waals surface area contributed by atoms with Crippen molar-refractivity contribution in [1.82, 2.24) is 19.3 Å². The van der Waals surface area contributed by atoms with Crippen LogP contribution in [0.1, 0.15) is 37.3 Å². The molecular weight excluding hydrogens is 437 g/mol. The van der Waals surface area contributed by atoms with Crippen LogP contribution in [0, 0.1) is 5.82 Å². The maximum Gasteiger partial charge on any atom is 0.223 e. The Morgan fingerprint density at radius 2 is 1.94 bits per heavy atom. The van der Waals surface area contributed by atoms with Gasteiger partial charge in [0.1, 0.15) is 5.69 Å². The Bertz CT molecular complexity index is 1200. The lowest BCUT2D eigenvalue weighted by atomic mass is 10.0. The van der Waals surface area contributed by atoms with Crippen molar-refractivity contribution in [3.05, 3.63) is 34.7 Å². The fourth-order valence-corrected chi connectivity index (χ4v) is 5.72. The molecule has 1 N–H and O–H groups in total. The van der Waals surface area contributed by atoms with Gasteiger partial charge in [-0.3, -0.25) is 0 Å². The molecule has 1 fully saturated rings. The van der Waals surface area contributed by atoms with Gasteiger partial charge in [-0.25, -0.2) is 32.1 Å². The second kappa shape index (κ2) is 8.76. The Morgan fingerprint density at radius 1 is 1.19 bits per heavy atom. The summed E-state index contributed by atoms with van der Waals surface area (Å²) in [5.74, 6) is -0.120. The summed E-state index contributed by atoms with van der Waals surface area (Å²) in [6, 6.07) is 3.95. The minimum absolute atomic E-state index is 0.0404. The summed E-state index contributed by atoms with van der Waals surface area (Å²) in [6.45, 7) is 5.04. The number of anilines is 1. The van der Waals surface area contributed by atoms with Gasteiger partial charge in [0.2, 0.25) is 16.0 Å². The molecule has 10 heteroatoms. The molecule has 0 bridgehead atoms. The zero-order valence-corrected chi connectivity index (χ0v) is 19.5. The van der Waals surface area contributed by atoms with E-state index in [1.165, 1.54) is 16.8 Å². The van der Waals surface area contributed by atoms with Crippen molar-refractivity contribution >= 4 is 37.5 Å². The zero-order valence-electron chi connectivity index (χ0n) is 17.9. The van der Waals surface area contributed by atoms with Crippen molar-refractivity contribution in [3.63, 3.8) is 0 Å². The van der Waals surface area contributed by atoms with Gasteiger partial charge < -0.3 is 5.32 Å². The molecule has 0 atom stereocenters. The lowest BCUT2D eigenvalue weighted by Crippen LogP contribution is -2.42. The van der Waals surface area contributed by atoms with E-state index in [0.29, 0.717) is 37.4 Å². The van der Waals surface area contributed by atoms with Crippen LogP contribution in [0.4, 0.5) is 10.3 Å². The smallest absolute Gasteiger partial charge is 0.223 e. The van der Waals surface area contributed by atoms with Gasteiger partial charge in [-0.2, -0.15) is 0 Å². The topological polar surface area (TPSA) is 88.1 Å². The molecule has 0 amide bonds. The van der Waals surface area contributed by atoms with Crippen molar-refractivity contribution in [3.8, 4) is 11.3 Å². The van der Waals surface area contributed by atoms with Crippen LogP contribution in [-0.2, 0) is 22.9 Å². The van der Waals surface area contributed by atoms with Crippen LogP contribution < -0.4 is 5.32 Å². The number of piperidine rings is 1. The quantitative estimate of drug-likeness (QED) is 0.597. The van der Waals surface area contributed by atoms with Crippen molar-refractivity contribution in [2.24, 2.45) is 0 Å². The molecule has 1 aliphatic heterocycles. The Labute approximate surface area is 185 Å². The van der Waals surface area contributed by atoms with E-state index in [0.717, 1.165) is 33.6 Å². The molecule has 31 heavy (non-hydrogen) atoms. The lowest BCUT2D eigenvalue weighted by Gasteiger charge is -2.30. The van der Waals surface area contributed by atoms with Crippen LogP contribution in [0.25, 0.3) is 21.5 Å². The number of hydrogen-bond acceptors (Lipinski definition) is 7. The third-order valence-corrected chi connectivity index (χ3v) is 8.03. The normalized spacial score (nSPS) is 16.1. The number of halogens is 1. The molecule has 0 saturated carbocycles. The highest BCUT2D eigenvalue weighted by atomic mass is 32.2. The van der Waals surface area contributed by atoms with Gasteiger partial charge in [-0.05, 0) is 43.4 Å². The molecule has 2 aromatic heterocycles. The molecular formula is C21H26FN5O2S2. The highest BCUT2D eigenvalue weighted by molar-refractivity contribution is 7.88. The second-order valence-electron chi connectivity index (χ2n) is 7.77. The maximum atomic E-state index is 14.7. The van der Waals surface area contributed by atoms with Crippen LogP contribution in [0.5, 0.6) is 0 Å². The van der Waals surface area contributed by atoms with E-state index in [2.05, 4.69) is 29.1 Å². The Hall–Kier alpha value is -2.17. The molecule has 1 aliphatic rings. The number of thiazole rings is 1. The van der Waals surface area contributed by atoms with E-state index < -0.39 is 15.8 Å². The van der Waals surface area contributed by atoms with Gasteiger partial charge in [-0.1, -0.05) is 13.8 Å². The fraction of sp³-hybridized carbons (Fsp3) is 0.476. The van der Waals surface area contributed by atoms with Crippen LogP contribution in [0.2, 0.25) is 0 Å². The first-order valence-electron chi connectivity index (χ1n) is 10.4. The van der Waals surface area contributed by atoms with Gasteiger partial charge >= 0.3 is 0 Å². The van der Waals surface area contributed by atoms with Gasteiger partial charge in [0, 0.05) is 24.7 Å². The summed E-state index contributed by atoms with van der Waals surface area (Å²) in [4.78, 5) is 13.3. The summed E-state index contributed by atoms with van der Waals surface area (Å²) in [5, 5.41) is 4.31. The molecule has 0 aliphatic carbocycles. The number of hydrogen-bond donors (Lipinski definition) is 1. The molecule has 7 nitrogen and oxygen atoms in total. The molecule has 0 spiro atoms. The Balaban J connectivity index is 1.60. The first-order chi connectivity index (χ1) is 14.8. The standard InChI is InChI=1S/C21H26FN5O2S2/c1-4-13-10-14(11-17-20(13)25-18(5-2)30-17)19-16(22)12-23-21(26-19)24-15-6-8-27(9-7-15)31(3,28)29/h10-12,15H,4-9H2,1-3H3,(H,23,24,26). The first kappa shape index (κ1) is 22.0. The molecule has 3 aromatic rings. The summed E-state index contributed by atoms with van der Waals surface area (Å²) < 4.78 is 40.6. The Kier molecular flexibility index (Phi) is 6.23. The average molecular weight is 464 g/mol. The highest BCUT2D eigenvalue weighted by Crippen LogP contribution is 2.32. The van der Waals surface area contributed by atoms with Crippen molar-refractivity contribution < 1.29 is 12.8 Å². The minimum Gasteiger partial charge on any atom is -0.351 e. The fourth-order valence-electron chi connectivity index (χ4n) is 3.86. The molecule has 1 aromatic carbocycles. The van der Waals surface area contributed by atoms with Crippen molar-refractivity contribution in [1.29, 1.82) is 0 Å². The van der Waals surface area contributed by atoms with Crippen LogP contribution in [0.3, 0.4) is 0 Å². The summed E-state index contributed by atoms with van der Waals surface area (Å²) in [5.41, 5.74) is 3.03. The van der Waals surface area contributed by atoms with Crippen LogP contribution >= 0.6 is 11.3 Å². The number of aryl methyl sites for hydroxylation is 2. The predicted molar refractivity (Wildman–Crippen MR) is 122 cm³/mol. The molecule has 3 heterocycles. The summed E-state index contributed by atoms with van der Waals surface area (Å²) >= 11 is 1.63. The van der Waals surface area contributed by atoms with Gasteiger partial charge in [0.25, 0.3) is 0 Å². The third kappa shape index (κ3) is 4.70. The van der Waals surface area contributed by atoms with Crippen molar-refractivity contribution in [2.45, 2.75) is 45.6 Å². The molecule has 1 saturated heterocycles. The second-order valence-corrected chi connectivity index (χ2v) is 10.9. The van der Waals surface area contributed by atoms with Crippen LogP contribution in [-0.4, -0.2) is 53.1 Å². The highest BCUT2D eigenvalue weighted by Gasteiger charge is 2.25. The number of nitrogens with zero attached hydrogens (tertiary/aromatic N) is 4. The average Bonchev–Trinajstić information content (AvgIpc) is 3.17. The maximum absolute atomic E-state index is 14.7. The van der Waals surface area contributed by atoms with Crippen LogP contribution in [0.15, 0.2) is 18.3 Å². The molecule has 0 radical (unpaired) electrons. The SMILES string of the molecule is CCc1nc2c(CC)cc(-c3nc(NC4CCN(S(C)(=O)=O)CC4)ncc3F)cc2s1. The number of fused-ring (bicyclic) bond motifs is 1. The van der Waals surface area contributed by atoms with E-state index in [4.69, 9.17) is 4.98 Å². The predicted octanol–water partition coefficient (Wildman–Crippen LogP) is 3.85. The van der Waals surface area contributed by atoms with E-state index in [9.17, 15) is 12.8 Å². The van der Waals surface area contributed by atoms with Crippen molar-refractivity contribution in [2.75, 3.05) is 24.7 Å². The number of sulfonamides is 1. The molecule has 166 valence electrons. The number of nitrogens with one attached hydrogen (secondary N) is 1. The minimum atomic E-state index is -3.17. The van der Waals surface area contributed by atoms with Gasteiger partial charge in [0.15, 0.2) is 5.82 Å². The zero-order chi connectivity index (χ0) is 22.2. The van der Waals surface area contributed by atoms with Gasteiger partial charge in [-0.15, -0.1) is 11.3 Å². The molecule has 4 rings (SSSR count).